The van der Waals surface area contributed by atoms with Crippen LogP contribution in [-0.2, 0) is 28.6 Å². The summed E-state index contributed by atoms with van der Waals surface area (Å²) in [5.41, 5.74) is 1.04. The molecule has 2 aromatic heterocycles. The van der Waals surface area contributed by atoms with Crippen LogP contribution < -0.4 is 10.6 Å². The summed E-state index contributed by atoms with van der Waals surface area (Å²) in [4.78, 5) is 68.3. The van der Waals surface area contributed by atoms with Crippen LogP contribution in [0.25, 0.3) is 11.3 Å². The molecule has 0 bridgehead atoms. The van der Waals surface area contributed by atoms with Crippen LogP contribution in [-0.4, -0.2) is 101 Å². The van der Waals surface area contributed by atoms with Gasteiger partial charge >= 0.3 is 18.0 Å². The third-order valence-corrected chi connectivity index (χ3v) is 7.19. The van der Waals surface area contributed by atoms with Crippen molar-refractivity contribution in [2.75, 3.05) is 33.9 Å². The first-order chi connectivity index (χ1) is 21.6. The van der Waals surface area contributed by atoms with E-state index < -0.39 is 42.1 Å². The number of alkyl carbamates (subject to hydrolysis) is 1. The third kappa shape index (κ3) is 9.58. The topological polar surface area (TPSA) is 184 Å². The Kier molecular flexibility index (Phi) is 13.0. The first-order valence-corrected chi connectivity index (χ1v) is 14.7. The molecule has 3 atom stereocenters. The molecule has 0 aliphatic carbocycles. The van der Waals surface area contributed by atoms with Crippen molar-refractivity contribution in [1.29, 1.82) is 0 Å². The molecular formula is C30H41N7O8. The van der Waals surface area contributed by atoms with Gasteiger partial charge in [-0.15, -0.1) is 5.10 Å². The Morgan fingerprint density at radius 2 is 1.84 bits per heavy atom. The fourth-order valence-corrected chi connectivity index (χ4v) is 4.92. The number of rotatable bonds is 16. The summed E-state index contributed by atoms with van der Waals surface area (Å²) in [6.45, 7) is 8.19. The second kappa shape index (κ2) is 16.9. The van der Waals surface area contributed by atoms with E-state index in [0.717, 1.165) is 0 Å². The van der Waals surface area contributed by atoms with Gasteiger partial charge in [0.15, 0.2) is 6.04 Å². The van der Waals surface area contributed by atoms with E-state index in [2.05, 4.69) is 32.5 Å². The third-order valence-electron chi connectivity index (χ3n) is 7.19. The molecule has 0 unspecified atom stereocenters. The molecule has 0 spiro atoms. The maximum atomic E-state index is 13.1. The number of ether oxygens (including phenoxy) is 3. The first kappa shape index (κ1) is 34.7. The average molecular weight is 628 g/mol. The molecule has 1 aliphatic rings. The van der Waals surface area contributed by atoms with Crippen molar-refractivity contribution in [2.24, 2.45) is 5.92 Å². The molecule has 0 aromatic carbocycles. The number of esters is 2. The summed E-state index contributed by atoms with van der Waals surface area (Å²) >= 11 is 0. The van der Waals surface area contributed by atoms with E-state index in [1.165, 1.54) is 42.3 Å². The van der Waals surface area contributed by atoms with E-state index in [1.807, 2.05) is 13.8 Å². The molecule has 0 saturated carbocycles. The van der Waals surface area contributed by atoms with E-state index in [0.29, 0.717) is 56.5 Å². The zero-order chi connectivity index (χ0) is 32.9. The van der Waals surface area contributed by atoms with Crippen molar-refractivity contribution < 1.29 is 38.2 Å². The van der Waals surface area contributed by atoms with Gasteiger partial charge in [-0.2, -0.15) is 0 Å². The molecule has 1 aliphatic heterocycles. The lowest BCUT2D eigenvalue weighted by Crippen LogP contribution is -2.48. The Morgan fingerprint density at radius 1 is 1.11 bits per heavy atom. The Morgan fingerprint density at radius 3 is 2.53 bits per heavy atom. The number of pyridine rings is 1. The standard InChI is InChI=1S/C30H41N7O8/c1-6-13-45-30(42)32-11-8-7-9-24(28(40)43-4)37-18-23(34-35-37)20-15-21(17-31-16-20)26(38)33-22-10-12-36(27(22)39)25(14-19(2)3)29(41)44-5/h6,15-19,22,24-25H,1,7-14H2,2-5H3,(H,32,42)(H,33,38)/t22-,24-,25+/m1/s1. The maximum absolute atomic E-state index is 13.1. The summed E-state index contributed by atoms with van der Waals surface area (Å²) in [6.07, 6.45) is 7.69. The largest absolute Gasteiger partial charge is 0.467 e. The van der Waals surface area contributed by atoms with Gasteiger partial charge in [0.25, 0.3) is 5.91 Å². The van der Waals surface area contributed by atoms with E-state index in [4.69, 9.17) is 14.2 Å². The number of nitrogens with one attached hydrogen (secondary N) is 2. The van der Waals surface area contributed by atoms with Crippen molar-refractivity contribution in [3.8, 4) is 11.3 Å². The van der Waals surface area contributed by atoms with Crippen LogP contribution in [0.1, 0.15) is 62.4 Å². The second-order valence-electron chi connectivity index (χ2n) is 10.9. The number of hydrogen-bond donors (Lipinski definition) is 2. The number of carbonyl (C=O) groups excluding carboxylic acids is 5. The van der Waals surface area contributed by atoms with Gasteiger partial charge in [-0.1, -0.05) is 31.7 Å². The molecule has 3 amide bonds. The molecule has 0 radical (unpaired) electrons. The number of carbonyl (C=O) groups is 5. The number of amides is 3. The van der Waals surface area contributed by atoms with Gasteiger partial charge in [0.1, 0.15) is 24.4 Å². The average Bonchev–Trinajstić information content (AvgIpc) is 3.66. The zero-order valence-electron chi connectivity index (χ0n) is 26.1. The van der Waals surface area contributed by atoms with Gasteiger partial charge < -0.3 is 29.7 Å². The second-order valence-corrected chi connectivity index (χ2v) is 10.9. The predicted molar refractivity (Wildman–Crippen MR) is 161 cm³/mol. The van der Waals surface area contributed by atoms with Crippen LogP contribution in [0.15, 0.2) is 37.3 Å². The van der Waals surface area contributed by atoms with Crippen LogP contribution in [0, 0.1) is 5.92 Å². The molecule has 3 heterocycles. The van der Waals surface area contributed by atoms with Gasteiger partial charge in [-0.05, 0) is 44.1 Å². The first-order valence-electron chi connectivity index (χ1n) is 14.7. The Hall–Kier alpha value is -4.82. The monoisotopic (exact) mass is 627 g/mol. The molecule has 15 nitrogen and oxygen atoms in total. The SMILES string of the molecule is C=CCOC(=O)NCCCC[C@H](C(=O)OC)n1cc(-c2cncc(C(=O)N[C@@H]3CCN([C@@H](CC(C)C)C(=O)OC)C3=O)c2)nn1. The van der Waals surface area contributed by atoms with Gasteiger partial charge in [-0.25, -0.2) is 19.1 Å². The van der Waals surface area contributed by atoms with Crippen molar-refractivity contribution in [3.63, 3.8) is 0 Å². The Bertz CT molecular complexity index is 1360. The summed E-state index contributed by atoms with van der Waals surface area (Å²) in [5.74, 6) is -1.68. The molecule has 45 heavy (non-hydrogen) atoms. The summed E-state index contributed by atoms with van der Waals surface area (Å²) in [6, 6.07) is -0.707. The predicted octanol–water partition coefficient (Wildman–Crippen LogP) is 2.06. The zero-order valence-corrected chi connectivity index (χ0v) is 26.1. The van der Waals surface area contributed by atoms with Crippen LogP contribution in [0.5, 0.6) is 0 Å². The van der Waals surface area contributed by atoms with Crippen LogP contribution in [0.2, 0.25) is 0 Å². The summed E-state index contributed by atoms with van der Waals surface area (Å²) in [7, 11) is 2.57. The van der Waals surface area contributed by atoms with Gasteiger partial charge in [0, 0.05) is 31.0 Å². The van der Waals surface area contributed by atoms with Crippen LogP contribution >= 0.6 is 0 Å². The lowest BCUT2D eigenvalue weighted by molar-refractivity contribution is -0.152. The molecule has 244 valence electrons. The van der Waals surface area contributed by atoms with Gasteiger partial charge in [0.05, 0.1) is 26.0 Å². The molecule has 1 saturated heterocycles. The minimum absolute atomic E-state index is 0.115. The molecule has 2 N–H and O–H groups in total. The lowest BCUT2D eigenvalue weighted by atomic mass is 10.0. The number of hydrogen-bond acceptors (Lipinski definition) is 11. The number of methoxy groups -OCH3 is 2. The molecule has 2 aromatic rings. The highest BCUT2D eigenvalue weighted by atomic mass is 16.5. The van der Waals surface area contributed by atoms with E-state index in [-0.39, 0.29) is 24.0 Å². The minimum Gasteiger partial charge on any atom is -0.467 e. The van der Waals surface area contributed by atoms with Crippen molar-refractivity contribution in [1.82, 2.24) is 35.5 Å². The number of aromatic nitrogens is 4. The fourth-order valence-electron chi connectivity index (χ4n) is 4.92. The molecule has 3 rings (SSSR count). The highest BCUT2D eigenvalue weighted by molar-refractivity contribution is 5.99. The smallest absolute Gasteiger partial charge is 0.407 e. The highest BCUT2D eigenvalue weighted by Crippen LogP contribution is 2.23. The maximum Gasteiger partial charge on any atom is 0.407 e. The normalized spacial score (nSPS) is 15.7. The van der Waals surface area contributed by atoms with Crippen molar-refractivity contribution in [2.45, 2.75) is 64.1 Å². The quantitative estimate of drug-likeness (QED) is 0.120. The molecule has 15 heteroatoms. The number of likely N-dealkylation sites (tertiary alicyclic amines) is 1. The van der Waals surface area contributed by atoms with E-state index in [1.54, 1.807) is 12.3 Å². The van der Waals surface area contributed by atoms with E-state index >= 15 is 0 Å². The minimum atomic E-state index is -0.796. The van der Waals surface area contributed by atoms with Gasteiger partial charge in [0.2, 0.25) is 5.91 Å². The van der Waals surface area contributed by atoms with E-state index in [9.17, 15) is 24.0 Å². The molecule has 1 fully saturated rings. The van der Waals surface area contributed by atoms with Crippen molar-refractivity contribution in [3.05, 3.63) is 42.9 Å². The molecular weight excluding hydrogens is 586 g/mol. The fraction of sp³-hybridized carbons (Fsp3) is 0.533. The van der Waals surface area contributed by atoms with Crippen molar-refractivity contribution >= 4 is 29.8 Å². The Labute approximate surface area is 261 Å². The van der Waals surface area contributed by atoms with Gasteiger partial charge in [-0.3, -0.25) is 14.6 Å². The summed E-state index contributed by atoms with van der Waals surface area (Å²) in [5, 5.41) is 13.6. The van der Waals surface area contributed by atoms with Crippen LogP contribution in [0.3, 0.4) is 0 Å². The number of unbranched alkanes of at least 4 members (excludes halogenated alkanes) is 1. The number of nitrogens with zero attached hydrogens (tertiary/aromatic N) is 5. The van der Waals surface area contributed by atoms with Crippen LogP contribution in [0.4, 0.5) is 4.79 Å². The Balaban J connectivity index is 1.63. The highest BCUT2D eigenvalue weighted by Gasteiger charge is 2.40. The summed E-state index contributed by atoms with van der Waals surface area (Å²) < 4.78 is 16.1. The lowest BCUT2D eigenvalue weighted by Gasteiger charge is -2.27.